The van der Waals surface area contributed by atoms with E-state index in [0.29, 0.717) is 36.2 Å². The number of nitrogens with zero attached hydrogens (tertiary/aromatic N) is 2. The first-order valence-corrected chi connectivity index (χ1v) is 12.6. The summed E-state index contributed by atoms with van der Waals surface area (Å²) in [7, 11) is 0. The van der Waals surface area contributed by atoms with Gasteiger partial charge in [0.2, 0.25) is 5.95 Å². The van der Waals surface area contributed by atoms with E-state index >= 15 is 0 Å². The van der Waals surface area contributed by atoms with E-state index in [2.05, 4.69) is 21.3 Å². The van der Waals surface area contributed by atoms with Gasteiger partial charge in [-0.1, -0.05) is 35.9 Å². The SMILES string of the molecule is CCOc1ccc([C@H]2C(C(=O)Nc3ccc(C)cc3C)=C(C)Nc3nc4ccccc4n32)cc1OCC. The summed E-state index contributed by atoms with van der Waals surface area (Å²) in [6.45, 7) is 10.9. The van der Waals surface area contributed by atoms with E-state index in [-0.39, 0.29) is 5.91 Å². The first kappa shape index (κ1) is 24.4. The largest absolute Gasteiger partial charge is 0.490 e. The molecule has 1 aliphatic rings. The van der Waals surface area contributed by atoms with Crippen molar-refractivity contribution in [2.45, 2.75) is 40.7 Å². The molecule has 0 fully saturated rings. The quantitative estimate of drug-likeness (QED) is 0.311. The lowest BCUT2D eigenvalue weighted by Crippen LogP contribution is -2.31. The molecule has 1 amide bonds. The second-order valence-electron chi connectivity index (χ2n) is 9.21. The van der Waals surface area contributed by atoms with Crippen molar-refractivity contribution < 1.29 is 14.3 Å². The Morgan fingerprint density at radius 3 is 2.49 bits per heavy atom. The van der Waals surface area contributed by atoms with E-state index in [9.17, 15) is 4.79 Å². The van der Waals surface area contributed by atoms with Gasteiger partial charge in [0.05, 0.1) is 35.9 Å². The van der Waals surface area contributed by atoms with Crippen LogP contribution in [0.15, 0.2) is 71.9 Å². The highest BCUT2D eigenvalue weighted by molar-refractivity contribution is 6.06. The van der Waals surface area contributed by atoms with Crippen LogP contribution in [0.4, 0.5) is 11.6 Å². The van der Waals surface area contributed by atoms with Crippen molar-refractivity contribution in [3.8, 4) is 11.5 Å². The standard InChI is InChI=1S/C30H32N4O3/c1-6-36-25-15-13-21(17-26(25)37-7-2)28-27(29(35)32-22-14-12-18(3)16-19(22)4)20(5)31-30-33-23-10-8-9-11-24(23)34(28)30/h8-17,28H,6-7H2,1-5H3,(H,31,33)(H,32,35)/t28-/m0/s1. The van der Waals surface area contributed by atoms with Crippen LogP contribution in [0.3, 0.4) is 0 Å². The predicted octanol–water partition coefficient (Wildman–Crippen LogP) is 6.38. The fourth-order valence-corrected chi connectivity index (χ4v) is 4.95. The molecule has 0 saturated heterocycles. The molecule has 190 valence electrons. The van der Waals surface area contributed by atoms with E-state index < -0.39 is 6.04 Å². The molecule has 4 aromatic rings. The molecule has 0 aliphatic carbocycles. The van der Waals surface area contributed by atoms with Crippen LogP contribution < -0.4 is 20.1 Å². The normalized spacial score (nSPS) is 14.8. The first-order chi connectivity index (χ1) is 17.9. The van der Waals surface area contributed by atoms with Crippen molar-refractivity contribution >= 4 is 28.6 Å². The van der Waals surface area contributed by atoms with Crippen LogP contribution in [-0.4, -0.2) is 28.7 Å². The number of para-hydroxylation sites is 2. The molecule has 0 unspecified atom stereocenters. The van der Waals surface area contributed by atoms with Crippen LogP contribution in [0.2, 0.25) is 0 Å². The lowest BCUT2D eigenvalue weighted by molar-refractivity contribution is -0.113. The molecule has 2 heterocycles. The van der Waals surface area contributed by atoms with Crippen molar-refractivity contribution in [3.05, 3.63) is 88.6 Å². The van der Waals surface area contributed by atoms with Gasteiger partial charge in [0.15, 0.2) is 11.5 Å². The highest BCUT2D eigenvalue weighted by Crippen LogP contribution is 2.42. The number of anilines is 2. The van der Waals surface area contributed by atoms with E-state index in [1.165, 1.54) is 0 Å². The Balaban J connectivity index is 1.67. The number of hydrogen-bond acceptors (Lipinski definition) is 5. The van der Waals surface area contributed by atoms with Crippen molar-refractivity contribution in [1.82, 2.24) is 9.55 Å². The molecule has 7 nitrogen and oxygen atoms in total. The number of aromatic nitrogens is 2. The van der Waals surface area contributed by atoms with Crippen LogP contribution in [0.25, 0.3) is 11.0 Å². The molecule has 0 saturated carbocycles. The number of carbonyl (C=O) groups is 1. The van der Waals surface area contributed by atoms with Crippen molar-refractivity contribution in [1.29, 1.82) is 0 Å². The fourth-order valence-electron chi connectivity index (χ4n) is 4.95. The van der Waals surface area contributed by atoms with Crippen molar-refractivity contribution in [3.63, 3.8) is 0 Å². The Kier molecular flexibility index (Phi) is 6.61. The van der Waals surface area contributed by atoms with Gasteiger partial charge in [-0.15, -0.1) is 0 Å². The minimum atomic E-state index is -0.427. The van der Waals surface area contributed by atoms with Gasteiger partial charge in [-0.25, -0.2) is 4.98 Å². The number of ether oxygens (including phenoxy) is 2. The number of fused-ring (bicyclic) bond motifs is 3. The summed E-state index contributed by atoms with van der Waals surface area (Å²) < 4.78 is 13.8. The van der Waals surface area contributed by atoms with Crippen LogP contribution in [-0.2, 0) is 4.79 Å². The molecule has 1 atom stereocenters. The smallest absolute Gasteiger partial charge is 0.255 e. The van der Waals surface area contributed by atoms with E-state index in [1.807, 2.05) is 89.2 Å². The second-order valence-corrected chi connectivity index (χ2v) is 9.21. The van der Waals surface area contributed by atoms with Gasteiger partial charge < -0.3 is 20.1 Å². The molecule has 37 heavy (non-hydrogen) atoms. The number of carbonyl (C=O) groups excluding carboxylic acids is 1. The maximum atomic E-state index is 13.9. The zero-order valence-corrected chi connectivity index (χ0v) is 21.9. The molecule has 7 heteroatoms. The zero-order chi connectivity index (χ0) is 26.1. The highest BCUT2D eigenvalue weighted by atomic mass is 16.5. The summed E-state index contributed by atoms with van der Waals surface area (Å²) in [6, 6.07) is 19.4. The summed E-state index contributed by atoms with van der Waals surface area (Å²) in [5, 5.41) is 6.53. The average Bonchev–Trinajstić information content (AvgIpc) is 3.24. The Morgan fingerprint density at radius 1 is 0.973 bits per heavy atom. The van der Waals surface area contributed by atoms with Gasteiger partial charge in [-0.2, -0.15) is 0 Å². The summed E-state index contributed by atoms with van der Waals surface area (Å²) in [5.41, 5.74) is 7.02. The molecular formula is C30H32N4O3. The number of imidazole rings is 1. The second kappa shape index (κ2) is 10.0. The number of aryl methyl sites for hydroxylation is 2. The summed E-state index contributed by atoms with van der Waals surface area (Å²) in [6.07, 6.45) is 0. The van der Waals surface area contributed by atoms with Gasteiger partial charge >= 0.3 is 0 Å². The molecule has 2 N–H and O–H groups in total. The van der Waals surface area contributed by atoms with E-state index in [1.54, 1.807) is 0 Å². The zero-order valence-electron chi connectivity index (χ0n) is 21.9. The van der Waals surface area contributed by atoms with E-state index in [0.717, 1.165) is 39.1 Å². The van der Waals surface area contributed by atoms with Gasteiger partial charge in [0.1, 0.15) is 0 Å². The number of amides is 1. The monoisotopic (exact) mass is 496 g/mol. The molecule has 1 aromatic heterocycles. The maximum absolute atomic E-state index is 13.9. The molecule has 1 aliphatic heterocycles. The van der Waals surface area contributed by atoms with Gasteiger partial charge in [0, 0.05) is 11.4 Å². The third-order valence-corrected chi connectivity index (χ3v) is 6.59. The first-order valence-electron chi connectivity index (χ1n) is 12.6. The van der Waals surface area contributed by atoms with Gasteiger partial charge in [-0.05, 0) is 76.1 Å². The number of hydrogen-bond donors (Lipinski definition) is 2. The lowest BCUT2D eigenvalue weighted by atomic mass is 9.93. The third kappa shape index (κ3) is 4.53. The summed E-state index contributed by atoms with van der Waals surface area (Å²) in [4.78, 5) is 18.8. The number of allylic oxidation sites excluding steroid dienone is 1. The molecule has 0 radical (unpaired) electrons. The van der Waals surface area contributed by atoms with Crippen LogP contribution in [0.1, 0.15) is 43.5 Å². The van der Waals surface area contributed by atoms with Crippen LogP contribution in [0.5, 0.6) is 11.5 Å². The minimum absolute atomic E-state index is 0.169. The number of rotatable bonds is 7. The highest BCUT2D eigenvalue weighted by Gasteiger charge is 2.34. The van der Waals surface area contributed by atoms with Gasteiger partial charge in [0.25, 0.3) is 5.91 Å². The molecule has 5 rings (SSSR count). The summed E-state index contributed by atoms with van der Waals surface area (Å²) >= 11 is 0. The van der Waals surface area contributed by atoms with Crippen molar-refractivity contribution in [2.24, 2.45) is 0 Å². The van der Waals surface area contributed by atoms with Crippen molar-refractivity contribution in [2.75, 3.05) is 23.8 Å². The lowest BCUT2D eigenvalue weighted by Gasteiger charge is -2.31. The average molecular weight is 497 g/mol. The van der Waals surface area contributed by atoms with E-state index in [4.69, 9.17) is 14.5 Å². The minimum Gasteiger partial charge on any atom is -0.490 e. The van der Waals surface area contributed by atoms with Gasteiger partial charge in [-0.3, -0.25) is 9.36 Å². The molecule has 0 spiro atoms. The van der Waals surface area contributed by atoms with Crippen LogP contribution in [0, 0.1) is 13.8 Å². The number of nitrogens with one attached hydrogen (secondary N) is 2. The molecule has 0 bridgehead atoms. The third-order valence-electron chi connectivity index (χ3n) is 6.59. The fraction of sp³-hybridized carbons (Fsp3) is 0.267. The molecular weight excluding hydrogens is 464 g/mol. The summed E-state index contributed by atoms with van der Waals surface area (Å²) in [5.74, 6) is 1.86. The number of benzene rings is 3. The maximum Gasteiger partial charge on any atom is 0.255 e. The predicted molar refractivity (Wildman–Crippen MR) is 148 cm³/mol. The Hall–Kier alpha value is -4.26. The van der Waals surface area contributed by atoms with Crippen LogP contribution >= 0.6 is 0 Å². The Labute approximate surface area is 217 Å². The topological polar surface area (TPSA) is 77.4 Å². The Morgan fingerprint density at radius 2 is 1.73 bits per heavy atom. The Bertz CT molecular complexity index is 1520. The molecule has 3 aromatic carbocycles.